The van der Waals surface area contributed by atoms with Gasteiger partial charge in [-0.25, -0.2) is 0 Å². The van der Waals surface area contributed by atoms with Gasteiger partial charge in [0.25, 0.3) is 0 Å². The number of anilines is 1. The van der Waals surface area contributed by atoms with E-state index in [1.54, 1.807) is 0 Å². The molecule has 1 fully saturated rings. The second-order valence-electron chi connectivity index (χ2n) is 5.15. The zero-order valence-corrected chi connectivity index (χ0v) is 13.4. The molecule has 1 atom stereocenters. The first kappa shape index (κ1) is 14.5. The molecule has 1 aliphatic rings. The molecule has 0 radical (unpaired) electrons. The van der Waals surface area contributed by atoms with Crippen LogP contribution >= 0.6 is 15.9 Å². The fraction of sp³-hybridized carbons (Fsp3) is 0.533. The van der Waals surface area contributed by atoms with Crippen molar-refractivity contribution in [2.75, 3.05) is 18.0 Å². The summed E-state index contributed by atoms with van der Waals surface area (Å²) in [4.78, 5) is 14.5. The Balaban J connectivity index is 2.33. The summed E-state index contributed by atoms with van der Waals surface area (Å²) in [6.45, 7) is 7.82. The highest BCUT2D eigenvalue weighted by Crippen LogP contribution is 2.33. The van der Waals surface area contributed by atoms with E-state index in [2.05, 4.69) is 47.2 Å². The number of carbonyl (C=O) groups excluding carboxylic acids is 1. The van der Waals surface area contributed by atoms with Crippen molar-refractivity contribution in [1.82, 2.24) is 5.32 Å². The first-order valence-electron chi connectivity index (χ1n) is 6.86. The summed E-state index contributed by atoms with van der Waals surface area (Å²) >= 11 is 3.61. The van der Waals surface area contributed by atoms with E-state index in [-0.39, 0.29) is 11.9 Å². The Hall–Kier alpha value is -0.870. The quantitative estimate of drug-likeness (QED) is 0.926. The van der Waals surface area contributed by atoms with Crippen LogP contribution in [0.5, 0.6) is 0 Å². The first-order chi connectivity index (χ1) is 9.04. The number of benzene rings is 1. The third-order valence-electron chi connectivity index (χ3n) is 3.56. The summed E-state index contributed by atoms with van der Waals surface area (Å²) in [5.41, 5.74) is 3.39. The van der Waals surface area contributed by atoms with Crippen LogP contribution in [-0.4, -0.2) is 25.0 Å². The largest absolute Gasteiger partial charge is 0.310 e. The summed E-state index contributed by atoms with van der Waals surface area (Å²) in [6, 6.07) is 4.17. The number of amides is 1. The van der Waals surface area contributed by atoms with E-state index in [9.17, 15) is 4.79 Å². The fourth-order valence-electron chi connectivity index (χ4n) is 2.78. The van der Waals surface area contributed by atoms with Crippen molar-refractivity contribution in [1.29, 1.82) is 0 Å². The van der Waals surface area contributed by atoms with Crippen molar-refractivity contribution in [2.45, 2.75) is 39.7 Å². The molecule has 0 saturated carbocycles. The second kappa shape index (κ2) is 6.06. The average molecular weight is 325 g/mol. The van der Waals surface area contributed by atoms with Gasteiger partial charge in [-0.3, -0.25) is 4.79 Å². The molecule has 1 amide bonds. The summed E-state index contributed by atoms with van der Waals surface area (Å²) in [6.07, 6.45) is 1.98. The first-order valence-corrected chi connectivity index (χ1v) is 7.65. The molecule has 1 N–H and O–H groups in total. The molecule has 1 aliphatic heterocycles. The molecule has 4 heteroatoms. The lowest BCUT2D eigenvalue weighted by molar-refractivity contribution is -0.121. The highest BCUT2D eigenvalue weighted by molar-refractivity contribution is 9.10. The van der Waals surface area contributed by atoms with Crippen molar-refractivity contribution in [2.24, 2.45) is 0 Å². The van der Waals surface area contributed by atoms with Crippen LogP contribution in [0.4, 0.5) is 5.69 Å². The van der Waals surface area contributed by atoms with Gasteiger partial charge in [0.2, 0.25) is 5.91 Å². The van der Waals surface area contributed by atoms with Crippen molar-refractivity contribution < 1.29 is 4.79 Å². The molecular weight excluding hydrogens is 304 g/mol. The lowest BCUT2D eigenvalue weighted by Crippen LogP contribution is -2.51. The van der Waals surface area contributed by atoms with Gasteiger partial charge < -0.3 is 10.2 Å². The minimum Gasteiger partial charge on any atom is -0.310 e. The number of hydrogen-bond donors (Lipinski definition) is 1. The molecule has 104 valence electrons. The number of rotatable bonds is 3. The maximum absolute atomic E-state index is 12.5. The van der Waals surface area contributed by atoms with Crippen molar-refractivity contribution in [3.05, 3.63) is 27.7 Å². The molecule has 0 aliphatic carbocycles. The smallest absolute Gasteiger partial charge is 0.244 e. The molecule has 0 aromatic heterocycles. The van der Waals surface area contributed by atoms with E-state index >= 15 is 0 Å². The van der Waals surface area contributed by atoms with Crippen LogP contribution in [0.3, 0.4) is 0 Å². The van der Waals surface area contributed by atoms with Crippen molar-refractivity contribution in [3.8, 4) is 0 Å². The molecular formula is C15H21BrN2O. The second-order valence-corrected chi connectivity index (χ2v) is 6.01. The van der Waals surface area contributed by atoms with Crippen LogP contribution in [-0.2, 0) is 4.79 Å². The van der Waals surface area contributed by atoms with Gasteiger partial charge in [0.15, 0.2) is 0 Å². The van der Waals surface area contributed by atoms with Crippen LogP contribution in [0.1, 0.15) is 30.9 Å². The minimum atomic E-state index is -0.0358. The number of likely N-dealkylation sites (N-methyl/N-ethyl adjacent to an activating group) is 1. The summed E-state index contributed by atoms with van der Waals surface area (Å²) < 4.78 is 1.01. The molecule has 0 bridgehead atoms. The van der Waals surface area contributed by atoms with E-state index in [0.717, 1.165) is 41.7 Å². The van der Waals surface area contributed by atoms with Gasteiger partial charge in [0, 0.05) is 11.0 Å². The zero-order valence-electron chi connectivity index (χ0n) is 11.8. The Morgan fingerprint density at radius 3 is 2.79 bits per heavy atom. The Bertz CT molecular complexity index is 462. The van der Waals surface area contributed by atoms with Crippen LogP contribution < -0.4 is 10.2 Å². The van der Waals surface area contributed by atoms with Gasteiger partial charge in [0.05, 0.1) is 11.7 Å². The molecule has 2 rings (SSSR count). The monoisotopic (exact) mass is 324 g/mol. The van der Waals surface area contributed by atoms with Crippen LogP contribution in [0, 0.1) is 13.8 Å². The number of nitrogens with zero attached hydrogens (tertiary/aromatic N) is 1. The van der Waals surface area contributed by atoms with E-state index in [1.807, 2.05) is 11.8 Å². The topological polar surface area (TPSA) is 32.3 Å². The van der Waals surface area contributed by atoms with Gasteiger partial charge in [0.1, 0.15) is 0 Å². The minimum absolute atomic E-state index is 0.0358. The number of hydrogen-bond acceptors (Lipinski definition) is 2. The van der Waals surface area contributed by atoms with E-state index < -0.39 is 0 Å². The SMILES string of the molecule is CCNC1CCCN(c2c(C)cc(C)cc2Br)C1=O. The van der Waals surface area contributed by atoms with Crippen LogP contribution in [0.15, 0.2) is 16.6 Å². The van der Waals surface area contributed by atoms with Crippen LogP contribution in [0.2, 0.25) is 0 Å². The molecule has 1 aromatic rings. The zero-order chi connectivity index (χ0) is 14.0. The maximum Gasteiger partial charge on any atom is 0.244 e. The van der Waals surface area contributed by atoms with Gasteiger partial charge in [-0.2, -0.15) is 0 Å². The number of aryl methyl sites for hydroxylation is 2. The van der Waals surface area contributed by atoms with E-state index in [4.69, 9.17) is 0 Å². The Labute approximate surface area is 123 Å². The summed E-state index contributed by atoms with van der Waals surface area (Å²) in [5, 5.41) is 3.28. The fourth-order valence-corrected chi connectivity index (χ4v) is 3.67. The standard InChI is InChI=1S/C15H21BrN2O/c1-4-17-13-6-5-7-18(15(13)19)14-11(3)8-10(2)9-12(14)16/h8-9,13,17H,4-7H2,1-3H3. The van der Waals surface area contributed by atoms with Gasteiger partial charge in [-0.1, -0.05) is 13.0 Å². The average Bonchev–Trinajstić information content (AvgIpc) is 2.32. The lowest BCUT2D eigenvalue weighted by atomic mass is 10.0. The Kier molecular flexibility index (Phi) is 4.63. The molecule has 0 spiro atoms. The number of halogens is 1. The predicted octanol–water partition coefficient (Wildman–Crippen LogP) is 3.17. The van der Waals surface area contributed by atoms with Crippen molar-refractivity contribution in [3.63, 3.8) is 0 Å². The molecule has 3 nitrogen and oxygen atoms in total. The highest BCUT2D eigenvalue weighted by Gasteiger charge is 2.30. The van der Waals surface area contributed by atoms with E-state index in [1.165, 1.54) is 5.56 Å². The number of nitrogens with one attached hydrogen (secondary N) is 1. The predicted molar refractivity (Wildman–Crippen MR) is 82.7 cm³/mol. The highest BCUT2D eigenvalue weighted by atomic mass is 79.9. The summed E-state index contributed by atoms with van der Waals surface area (Å²) in [7, 11) is 0. The number of piperidine rings is 1. The lowest BCUT2D eigenvalue weighted by Gasteiger charge is -2.34. The third-order valence-corrected chi connectivity index (χ3v) is 4.16. The summed E-state index contributed by atoms with van der Waals surface area (Å²) in [5.74, 6) is 0.195. The molecule has 19 heavy (non-hydrogen) atoms. The van der Waals surface area contributed by atoms with Gasteiger partial charge in [-0.05, 0) is 66.4 Å². The maximum atomic E-state index is 12.5. The van der Waals surface area contributed by atoms with Gasteiger partial charge >= 0.3 is 0 Å². The molecule has 1 unspecified atom stereocenters. The molecule has 1 aromatic carbocycles. The molecule has 1 heterocycles. The van der Waals surface area contributed by atoms with Crippen molar-refractivity contribution >= 4 is 27.5 Å². The number of carbonyl (C=O) groups is 1. The van der Waals surface area contributed by atoms with E-state index in [0.29, 0.717) is 0 Å². The van der Waals surface area contributed by atoms with Crippen LogP contribution in [0.25, 0.3) is 0 Å². The molecule has 1 saturated heterocycles. The normalized spacial score (nSPS) is 19.9. The van der Waals surface area contributed by atoms with Gasteiger partial charge in [-0.15, -0.1) is 0 Å². The third kappa shape index (κ3) is 3.00. The Morgan fingerprint density at radius 1 is 1.42 bits per heavy atom. The Morgan fingerprint density at radius 2 is 2.16 bits per heavy atom.